The van der Waals surface area contributed by atoms with Crippen LogP contribution in [-0.2, 0) is 38.8 Å². The summed E-state index contributed by atoms with van der Waals surface area (Å²) in [4.78, 5) is 28.3. The van der Waals surface area contributed by atoms with Gasteiger partial charge in [-0.15, -0.1) is 0 Å². The Labute approximate surface area is 143 Å². The Hall–Kier alpha value is -1.74. The zero-order valence-electron chi connectivity index (χ0n) is 14.6. The Kier molecular flexibility index (Phi) is 4.48. The number of aryl methyl sites for hydroxylation is 1. The predicted molar refractivity (Wildman–Crippen MR) is 89.5 cm³/mol. The van der Waals surface area contributed by atoms with Crippen LogP contribution < -0.4 is 11.2 Å². The van der Waals surface area contributed by atoms with Crippen LogP contribution in [-0.4, -0.2) is 38.5 Å². The third kappa shape index (κ3) is 3.35. The number of fused-ring (bicyclic) bond motifs is 1. The molecule has 3 heterocycles. The molecule has 0 amide bonds. The SMILES string of the molecule is Cn1c(=O)c2c(ncn2CCOP2(=O)OCC(C)(C)CO2)n(C)c1=O. The van der Waals surface area contributed by atoms with Crippen LogP contribution in [0.3, 0.4) is 0 Å². The molecule has 3 rings (SSSR count). The molecule has 0 aliphatic carbocycles. The summed E-state index contributed by atoms with van der Waals surface area (Å²) >= 11 is 0. The summed E-state index contributed by atoms with van der Waals surface area (Å²) in [5.74, 6) is 0. The van der Waals surface area contributed by atoms with Gasteiger partial charge in [-0.25, -0.2) is 14.3 Å². The van der Waals surface area contributed by atoms with Gasteiger partial charge in [-0.2, -0.15) is 0 Å². The van der Waals surface area contributed by atoms with Crippen molar-refractivity contribution in [2.24, 2.45) is 19.5 Å². The number of hydrogen-bond donors (Lipinski definition) is 0. The van der Waals surface area contributed by atoms with E-state index in [1.807, 2.05) is 13.8 Å². The molecule has 0 bridgehead atoms. The van der Waals surface area contributed by atoms with Crippen LogP contribution in [0.15, 0.2) is 15.9 Å². The number of hydrogen-bond acceptors (Lipinski definition) is 7. The Morgan fingerprint density at radius 2 is 1.88 bits per heavy atom. The second-order valence-corrected chi connectivity index (χ2v) is 8.48. The van der Waals surface area contributed by atoms with Crippen molar-refractivity contribution in [1.82, 2.24) is 18.7 Å². The minimum Gasteiger partial charge on any atom is -0.322 e. The largest absolute Gasteiger partial charge is 0.474 e. The van der Waals surface area contributed by atoms with E-state index in [-0.39, 0.29) is 42.9 Å². The highest BCUT2D eigenvalue weighted by atomic mass is 31.2. The molecule has 2 aromatic heterocycles. The van der Waals surface area contributed by atoms with Crippen LogP contribution in [0.4, 0.5) is 0 Å². The first kappa shape index (κ1) is 18.1. The molecular formula is C14H21N4O6P. The van der Waals surface area contributed by atoms with Crippen LogP contribution >= 0.6 is 7.82 Å². The molecule has 11 heteroatoms. The average molecular weight is 372 g/mol. The molecule has 2 aromatic rings. The quantitative estimate of drug-likeness (QED) is 0.725. The van der Waals surface area contributed by atoms with Crippen LogP contribution in [0, 0.1) is 5.41 Å². The molecular weight excluding hydrogens is 351 g/mol. The summed E-state index contributed by atoms with van der Waals surface area (Å²) in [6.45, 7) is 4.66. The van der Waals surface area contributed by atoms with Gasteiger partial charge in [-0.1, -0.05) is 13.8 Å². The van der Waals surface area contributed by atoms with Crippen LogP contribution in [0.25, 0.3) is 11.2 Å². The number of phosphoric ester groups is 1. The fraction of sp³-hybridized carbons (Fsp3) is 0.643. The van der Waals surface area contributed by atoms with Gasteiger partial charge in [0.2, 0.25) is 0 Å². The van der Waals surface area contributed by atoms with E-state index in [9.17, 15) is 14.2 Å². The molecule has 10 nitrogen and oxygen atoms in total. The highest BCUT2D eigenvalue weighted by Crippen LogP contribution is 2.54. The van der Waals surface area contributed by atoms with E-state index in [1.54, 1.807) is 11.6 Å². The first-order valence-electron chi connectivity index (χ1n) is 7.78. The van der Waals surface area contributed by atoms with Gasteiger partial charge in [0, 0.05) is 26.1 Å². The molecule has 0 saturated carbocycles. The van der Waals surface area contributed by atoms with E-state index in [4.69, 9.17) is 13.6 Å². The van der Waals surface area contributed by atoms with Crippen molar-refractivity contribution in [1.29, 1.82) is 0 Å². The molecule has 1 aliphatic heterocycles. The molecule has 0 N–H and O–H groups in total. The standard InChI is InChI=1S/C14H21N4O6P/c1-14(2)7-23-25(21,24-8-14)22-6-5-18-9-15-11-10(18)12(19)17(4)13(20)16(11)3/h9H,5-8H2,1-4H3. The summed E-state index contributed by atoms with van der Waals surface area (Å²) < 4.78 is 32.0. The number of imidazole rings is 1. The Bertz CT molecular complexity index is 958. The maximum Gasteiger partial charge on any atom is 0.474 e. The summed E-state index contributed by atoms with van der Waals surface area (Å²) in [5.41, 5.74) is -0.552. The van der Waals surface area contributed by atoms with Gasteiger partial charge in [0.1, 0.15) is 0 Å². The van der Waals surface area contributed by atoms with Gasteiger partial charge >= 0.3 is 13.5 Å². The molecule has 0 radical (unpaired) electrons. The zero-order chi connectivity index (χ0) is 18.4. The predicted octanol–water partition coefficient (Wildman–Crippen LogP) is 0.631. The molecule has 0 atom stereocenters. The smallest absolute Gasteiger partial charge is 0.322 e. The fourth-order valence-electron chi connectivity index (χ4n) is 2.48. The van der Waals surface area contributed by atoms with E-state index in [0.717, 1.165) is 4.57 Å². The van der Waals surface area contributed by atoms with Gasteiger partial charge in [-0.05, 0) is 0 Å². The Morgan fingerprint density at radius 1 is 1.24 bits per heavy atom. The lowest BCUT2D eigenvalue weighted by Gasteiger charge is -2.32. The molecule has 25 heavy (non-hydrogen) atoms. The van der Waals surface area contributed by atoms with Gasteiger partial charge in [-0.3, -0.25) is 27.5 Å². The van der Waals surface area contributed by atoms with Gasteiger partial charge in [0.15, 0.2) is 11.2 Å². The number of rotatable bonds is 4. The maximum absolute atomic E-state index is 12.3. The normalized spacial score (nSPS) is 19.4. The minimum absolute atomic E-state index is 0.00909. The van der Waals surface area contributed by atoms with Crippen molar-refractivity contribution in [3.05, 3.63) is 27.2 Å². The summed E-state index contributed by atoms with van der Waals surface area (Å²) in [7, 11) is -0.636. The molecule has 1 fully saturated rings. The Morgan fingerprint density at radius 3 is 2.52 bits per heavy atom. The van der Waals surface area contributed by atoms with Crippen molar-refractivity contribution in [2.75, 3.05) is 19.8 Å². The van der Waals surface area contributed by atoms with Gasteiger partial charge < -0.3 is 4.57 Å². The summed E-state index contributed by atoms with van der Waals surface area (Å²) in [5, 5.41) is 0. The summed E-state index contributed by atoms with van der Waals surface area (Å²) in [6.07, 6.45) is 1.44. The molecule has 138 valence electrons. The average Bonchev–Trinajstić information content (AvgIpc) is 2.98. The topological polar surface area (TPSA) is 107 Å². The van der Waals surface area contributed by atoms with Crippen LogP contribution in [0.2, 0.25) is 0 Å². The first-order valence-corrected chi connectivity index (χ1v) is 9.24. The van der Waals surface area contributed by atoms with Crippen molar-refractivity contribution < 1.29 is 18.1 Å². The van der Waals surface area contributed by atoms with E-state index in [0.29, 0.717) is 0 Å². The monoisotopic (exact) mass is 372 g/mol. The molecule has 1 aliphatic rings. The van der Waals surface area contributed by atoms with Crippen molar-refractivity contribution in [3.8, 4) is 0 Å². The van der Waals surface area contributed by atoms with E-state index in [2.05, 4.69) is 4.98 Å². The highest BCUT2D eigenvalue weighted by molar-refractivity contribution is 7.48. The van der Waals surface area contributed by atoms with E-state index < -0.39 is 19.1 Å². The summed E-state index contributed by atoms with van der Waals surface area (Å²) in [6, 6.07) is 0. The third-order valence-corrected chi connectivity index (χ3v) is 5.42. The maximum atomic E-state index is 12.3. The molecule has 0 aromatic carbocycles. The van der Waals surface area contributed by atoms with E-state index >= 15 is 0 Å². The molecule has 0 unspecified atom stereocenters. The first-order chi connectivity index (χ1) is 11.6. The number of aromatic nitrogens is 4. The lowest BCUT2D eigenvalue weighted by Crippen LogP contribution is -2.37. The highest BCUT2D eigenvalue weighted by Gasteiger charge is 2.37. The number of nitrogens with zero attached hydrogens (tertiary/aromatic N) is 4. The van der Waals surface area contributed by atoms with Crippen molar-refractivity contribution in [3.63, 3.8) is 0 Å². The van der Waals surface area contributed by atoms with Crippen molar-refractivity contribution in [2.45, 2.75) is 20.4 Å². The van der Waals surface area contributed by atoms with Gasteiger partial charge in [0.05, 0.1) is 26.1 Å². The second kappa shape index (κ2) is 6.21. The zero-order valence-corrected chi connectivity index (χ0v) is 15.5. The second-order valence-electron chi connectivity index (χ2n) is 6.81. The Balaban J connectivity index is 1.76. The third-order valence-electron chi connectivity index (χ3n) is 4.03. The fourth-order valence-corrected chi connectivity index (χ4v) is 4.02. The minimum atomic E-state index is -3.58. The van der Waals surface area contributed by atoms with E-state index in [1.165, 1.54) is 17.9 Å². The lowest BCUT2D eigenvalue weighted by atomic mass is 9.97. The van der Waals surface area contributed by atoms with Crippen LogP contribution in [0.5, 0.6) is 0 Å². The molecule has 1 saturated heterocycles. The van der Waals surface area contributed by atoms with Gasteiger partial charge in [0.25, 0.3) is 5.56 Å². The number of phosphoric acid groups is 1. The van der Waals surface area contributed by atoms with Crippen molar-refractivity contribution >= 4 is 19.0 Å². The lowest BCUT2D eigenvalue weighted by molar-refractivity contribution is 0.000644. The van der Waals surface area contributed by atoms with Crippen LogP contribution in [0.1, 0.15) is 13.8 Å². The molecule has 0 spiro atoms.